The van der Waals surface area contributed by atoms with Crippen molar-refractivity contribution in [3.8, 4) is 0 Å². The second-order valence-electron chi connectivity index (χ2n) is 3.75. The Labute approximate surface area is 98.9 Å². The topological polar surface area (TPSA) is 72.7 Å². The molecule has 0 bridgehead atoms. The summed E-state index contributed by atoms with van der Waals surface area (Å²) in [6.07, 6.45) is 0. The molecule has 0 N–H and O–H groups in total. The van der Waals surface area contributed by atoms with E-state index in [0.717, 1.165) is 0 Å². The van der Waals surface area contributed by atoms with Gasteiger partial charge < -0.3 is 9.64 Å². The standard InChI is InChI=1S/C11H14N2O4/c1-7-9(12(2)3)6-5-8(11(14)17-4)10(7)13(15)16/h5-6H,1-4H3. The van der Waals surface area contributed by atoms with Crippen LogP contribution in [0.4, 0.5) is 11.4 Å². The number of nitrogens with zero attached hydrogens (tertiary/aromatic N) is 2. The van der Waals surface area contributed by atoms with E-state index < -0.39 is 10.9 Å². The Hall–Kier alpha value is -2.11. The summed E-state index contributed by atoms with van der Waals surface area (Å²) in [5.41, 5.74) is 0.913. The number of hydrogen-bond donors (Lipinski definition) is 0. The summed E-state index contributed by atoms with van der Waals surface area (Å²) in [4.78, 5) is 23.6. The molecular weight excluding hydrogens is 224 g/mol. The zero-order valence-corrected chi connectivity index (χ0v) is 10.2. The van der Waals surface area contributed by atoms with Crippen molar-refractivity contribution in [3.63, 3.8) is 0 Å². The molecule has 1 rings (SSSR count). The predicted molar refractivity (Wildman–Crippen MR) is 63.5 cm³/mol. The molecule has 0 radical (unpaired) electrons. The molecule has 1 aromatic carbocycles. The number of benzene rings is 1. The van der Waals surface area contributed by atoms with Crippen molar-refractivity contribution in [2.75, 3.05) is 26.1 Å². The second-order valence-corrected chi connectivity index (χ2v) is 3.75. The van der Waals surface area contributed by atoms with Gasteiger partial charge in [0.25, 0.3) is 5.69 Å². The molecule has 17 heavy (non-hydrogen) atoms. The molecule has 0 atom stereocenters. The predicted octanol–water partition coefficient (Wildman–Crippen LogP) is 1.76. The number of nitro benzene ring substituents is 1. The van der Waals surface area contributed by atoms with E-state index in [1.165, 1.54) is 13.2 Å². The Morgan fingerprint density at radius 3 is 2.41 bits per heavy atom. The molecular formula is C11H14N2O4. The van der Waals surface area contributed by atoms with E-state index in [4.69, 9.17) is 0 Å². The van der Waals surface area contributed by atoms with E-state index >= 15 is 0 Å². The van der Waals surface area contributed by atoms with E-state index in [1.807, 2.05) is 0 Å². The molecule has 0 unspecified atom stereocenters. The van der Waals surface area contributed by atoms with Crippen molar-refractivity contribution in [3.05, 3.63) is 33.4 Å². The highest BCUT2D eigenvalue weighted by atomic mass is 16.6. The van der Waals surface area contributed by atoms with E-state index in [-0.39, 0.29) is 11.3 Å². The van der Waals surface area contributed by atoms with Crippen molar-refractivity contribution in [1.29, 1.82) is 0 Å². The average Bonchev–Trinajstić information content (AvgIpc) is 2.26. The number of carbonyl (C=O) groups is 1. The lowest BCUT2D eigenvalue weighted by Crippen LogP contribution is -2.14. The van der Waals surface area contributed by atoms with Crippen LogP contribution in [-0.2, 0) is 4.74 Å². The summed E-state index contributed by atoms with van der Waals surface area (Å²) in [6, 6.07) is 3.07. The van der Waals surface area contributed by atoms with Gasteiger partial charge >= 0.3 is 5.97 Å². The summed E-state index contributed by atoms with van der Waals surface area (Å²) in [5.74, 6) is -0.704. The third kappa shape index (κ3) is 2.35. The fourth-order valence-corrected chi connectivity index (χ4v) is 1.68. The van der Waals surface area contributed by atoms with Gasteiger partial charge in [-0.1, -0.05) is 0 Å². The quantitative estimate of drug-likeness (QED) is 0.455. The van der Waals surface area contributed by atoms with Gasteiger partial charge in [0.1, 0.15) is 5.56 Å². The highest BCUT2D eigenvalue weighted by Gasteiger charge is 2.25. The summed E-state index contributed by atoms with van der Waals surface area (Å²) in [5, 5.41) is 11.0. The molecule has 0 aliphatic carbocycles. The maximum absolute atomic E-state index is 11.4. The van der Waals surface area contributed by atoms with Gasteiger partial charge in [0.2, 0.25) is 0 Å². The van der Waals surface area contributed by atoms with Crippen LogP contribution in [0.25, 0.3) is 0 Å². The van der Waals surface area contributed by atoms with Crippen molar-refractivity contribution >= 4 is 17.3 Å². The molecule has 0 aliphatic rings. The minimum absolute atomic E-state index is 0.0272. The number of methoxy groups -OCH3 is 1. The lowest BCUT2D eigenvalue weighted by molar-refractivity contribution is -0.385. The van der Waals surface area contributed by atoms with E-state index in [1.54, 1.807) is 32.0 Å². The molecule has 6 heteroatoms. The van der Waals surface area contributed by atoms with Crippen molar-refractivity contribution in [1.82, 2.24) is 0 Å². The molecule has 0 heterocycles. The molecule has 6 nitrogen and oxygen atoms in total. The summed E-state index contributed by atoms with van der Waals surface area (Å²) < 4.78 is 4.53. The van der Waals surface area contributed by atoms with E-state index in [2.05, 4.69) is 4.74 Å². The molecule has 0 aromatic heterocycles. The van der Waals surface area contributed by atoms with Crippen LogP contribution in [-0.4, -0.2) is 32.1 Å². The van der Waals surface area contributed by atoms with Crippen molar-refractivity contribution in [2.24, 2.45) is 0 Å². The number of carbonyl (C=O) groups excluding carboxylic acids is 1. The van der Waals surface area contributed by atoms with Gasteiger partial charge in [0, 0.05) is 19.8 Å². The van der Waals surface area contributed by atoms with Gasteiger partial charge in [-0.3, -0.25) is 10.1 Å². The molecule has 0 spiro atoms. The molecule has 0 saturated carbocycles. The van der Waals surface area contributed by atoms with Gasteiger partial charge in [-0.2, -0.15) is 0 Å². The van der Waals surface area contributed by atoms with Crippen LogP contribution in [0.1, 0.15) is 15.9 Å². The third-order valence-corrected chi connectivity index (χ3v) is 2.47. The zero-order valence-electron chi connectivity index (χ0n) is 10.2. The van der Waals surface area contributed by atoms with Gasteiger partial charge in [-0.15, -0.1) is 0 Å². The first kappa shape index (κ1) is 13.0. The zero-order chi connectivity index (χ0) is 13.2. The Morgan fingerprint density at radius 2 is 2.00 bits per heavy atom. The van der Waals surface area contributed by atoms with Crippen molar-refractivity contribution in [2.45, 2.75) is 6.92 Å². The molecule has 0 amide bonds. The highest BCUT2D eigenvalue weighted by molar-refractivity contribution is 5.95. The Balaban J connectivity index is 3.50. The Kier molecular flexibility index (Phi) is 3.67. The third-order valence-electron chi connectivity index (χ3n) is 2.47. The monoisotopic (exact) mass is 238 g/mol. The van der Waals surface area contributed by atoms with Crippen LogP contribution in [0.15, 0.2) is 12.1 Å². The fourth-order valence-electron chi connectivity index (χ4n) is 1.68. The van der Waals surface area contributed by atoms with Gasteiger partial charge in [0.05, 0.1) is 17.6 Å². The SMILES string of the molecule is COC(=O)c1ccc(N(C)C)c(C)c1[N+](=O)[O-]. The van der Waals surface area contributed by atoms with E-state index in [0.29, 0.717) is 11.3 Å². The molecule has 1 aromatic rings. The second kappa shape index (κ2) is 4.82. The number of anilines is 1. The minimum atomic E-state index is -0.704. The average molecular weight is 238 g/mol. The Morgan fingerprint density at radius 1 is 1.41 bits per heavy atom. The first-order valence-electron chi connectivity index (χ1n) is 4.93. The first-order valence-corrected chi connectivity index (χ1v) is 4.93. The highest BCUT2D eigenvalue weighted by Crippen LogP contribution is 2.31. The molecule has 0 saturated heterocycles. The van der Waals surface area contributed by atoms with Crippen molar-refractivity contribution < 1.29 is 14.5 Å². The number of ether oxygens (including phenoxy) is 1. The van der Waals surface area contributed by atoms with Crippen LogP contribution in [0.3, 0.4) is 0 Å². The molecule has 0 aliphatic heterocycles. The van der Waals surface area contributed by atoms with Crippen LogP contribution in [0.2, 0.25) is 0 Å². The first-order chi connectivity index (χ1) is 7.90. The smallest absolute Gasteiger partial charge is 0.344 e. The van der Waals surface area contributed by atoms with Crippen LogP contribution < -0.4 is 4.90 Å². The minimum Gasteiger partial charge on any atom is -0.465 e. The fraction of sp³-hybridized carbons (Fsp3) is 0.364. The van der Waals surface area contributed by atoms with Gasteiger partial charge in [0.15, 0.2) is 0 Å². The van der Waals surface area contributed by atoms with Crippen LogP contribution >= 0.6 is 0 Å². The number of hydrogen-bond acceptors (Lipinski definition) is 5. The number of esters is 1. The normalized spacial score (nSPS) is 9.88. The maximum atomic E-state index is 11.4. The van der Waals surface area contributed by atoms with Gasteiger partial charge in [-0.25, -0.2) is 4.79 Å². The molecule has 0 fully saturated rings. The molecule has 92 valence electrons. The van der Waals surface area contributed by atoms with Gasteiger partial charge in [-0.05, 0) is 19.1 Å². The van der Waals surface area contributed by atoms with Crippen LogP contribution in [0.5, 0.6) is 0 Å². The lowest BCUT2D eigenvalue weighted by Gasteiger charge is -2.16. The largest absolute Gasteiger partial charge is 0.465 e. The summed E-state index contributed by atoms with van der Waals surface area (Å²) in [7, 11) is 4.76. The summed E-state index contributed by atoms with van der Waals surface area (Å²) in [6.45, 7) is 1.61. The van der Waals surface area contributed by atoms with Crippen LogP contribution in [0, 0.1) is 17.0 Å². The van der Waals surface area contributed by atoms with E-state index in [9.17, 15) is 14.9 Å². The Bertz CT molecular complexity index is 469. The summed E-state index contributed by atoms with van der Waals surface area (Å²) >= 11 is 0. The lowest BCUT2D eigenvalue weighted by atomic mass is 10.1. The number of rotatable bonds is 3. The maximum Gasteiger partial charge on any atom is 0.344 e. The number of nitro groups is 1.